The summed E-state index contributed by atoms with van der Waals surface area (Å²) in [6.07, 6.45) is 2.54. The first kappa shape index (κ1) is 9.55. The second-order valence-electron chi connectivity index (χ2n) is 3.01. The molecule has 0 atom stereocenters. The van der Waals surface area contributed by atoms with Gasteiger partial charge in [-0.3, -0.25) is 0 Å². The number of thioether (sulfide) groups is 1. The fourth-order valence-electron chi connectivity index (χ4n) is 1.26. The first-order chi connectivity index (χ1) is 6.90. The molecule has 0 bridgehead atoms. The van der Waals surface area contributed by atoms with E-state index < -0.39 is 0 Å². The normalized spacial score (nSPS) is 10.9. The Balaban J connectivity index is 2.10. The summed E-state index contributed by atoms with van der Waals surface area (Å²) < 4.78 is 0. The lowest BCUT2D eigenvalue weighted by Gasteiger charge is -1.99. The molecule has 2 N–H and O–H groups in total. The van der Waals surface area contributed by atoms with Crippen LogP contribution in [0.15, 0.2) is 29.4 Å². The highest BCUT2D eigenvalue weighted by molar-refractivity contribution is 7.99. The molecule has 0 saturated heterocycles. The molecule has 0 aliphatic heterocycles. The minimum atomic E-state index is 0.263. The topological polar surface area (TPSA) is 48.9 Å². The molecule has 0 unspecified atom stereocenters. The minimum absolute atomic E-state index is 0.263. The van der Waals surface area contributed by atoms with Crippen molar-refractivity contribution in [2.45, 2.75) is 11.3 Å². The van der Waals surface area contributed by atoms with Crippen molar-refractivity contribution in [2.75, 3.05) is 12.4 Å². The third-order valence-corrected chi connectivity index (χ3v) is 3.04. The van der Waals surface area contributed by atoms with E-state index in [4.69, 9.17) is 5.11 Å². The van der Waals surface area contributed by atoms with Crippen LogP contribution in [0.5, 0.6) is 0 Å². The Morgan fingerprint density at radius 3 is 3.21 bits per heavy atom. The van der Waals surface area contributed by atoms with E-state index in [-0.39, 0.29) is 6.61 Å². The van der Waals surface area contributed by atoms with Crippen molar-refractivity contribution in [3.63, 3.8) is 0 Å². The van der Waals surface area contributed by atoms with Gasteiger partial charge in [0.1, 0.15) is 0 Å². The SMILES string of the molecule is OCCCSc1ccc2nc[nH]c2c1. The summed E-state index contributed by atoms with van der Waals surface area (Å²) in [5.74, 6) is 0.955. The smallest absolute Gasteiger partial charge is 0.0931 e. The number of hydrogen-bond donors (Lipinski definition) is 2. The number of nitrogens with zero attached hydrogens (tertiary/aromatic N) is 1. The van der Waals surface area contributed by atoms with Crippen molar-refractivity contribution in [2.24, 2.45) is 0 Å². The summed E-state index contributed by atoms with van der Waals surface area (Å²) in [4.78, 5) is 8.45. The number of aliphatic hydroxyl groups is 1. The van der Waals surface area contributed by atoms with E-state index in [1.165, 1.54) is 4.90 Å². The monoisotopic (exact) mass is 208 g/mol. The highest BCUT2D eigenvalue weighted by Gasteiger charge is 1.98. The summed E-state index contributed by atoms with van der Waals surface area (Å²) >= 11 is 1.76. The molecule has 3 nitrogen and oxygen atoms in total. The van der Waals surface area contributed by atoms with Gasteiger partial charge in [-0.15, -0.1) is 11.8 Å². The Kier molecular flexibility index (Phi) is 3.06. The maximum atomic E-state index is 8.65. The molecule has 0 radical (unpaired) electrons. The lowest BCUT2D eigenvalue weighted by atomic mass is 10.3. The number of aromatic amines is 1. The van der Waals surface area contributed by atoms with Crippen LogP contribution in [0, 0.1) is 0 Å². The van der Waals surface area contributed by atoms with Gasteiger partial charge < -0.3 is 10.1 Å². The van der Waals surface area contributed by atoms with Gasteiger partial charge in [-0.1, -0.05) is 0 Å². The molecule has 2 aromatic rings. The van der Waals surface area contributed by atoms with Crippen LogP contribution in [-0.4, -0.2) is 27.4 Å². The molecule has 1 aromatic carbocycles. The summed E-state index contributed by atoms with van der Waals surface area (Å²) in [6.45, 7) is 0.263. The molecule has 1 aromatic heterocycles. The van der Waals surface area contributed by atoms with Gasteiger partial charge in [0.15, 0.2) is 0 Å². The summed E-state index contributed by atoms with van der Waals surface area (Å²) in [6, 6.07) is 6.16. The highest BCUT2D eigenvalue weighted by Crippen LogP contribution is 2.22. The number of nitrogens with one attached hydrogen (secondary N) is 1. The summed E-state index contributed by atoms with van der Waals surface area (Å²) in [7, 11) is 0. The van der Waals surface area contributed by atoms with E-state index in [0.29, 0.717) is 0 Å². The van der Waals surface area contributed by atoms with Gasteiger partial charge in [-0.05, 0) is 24.6 Å². The van der Waals surface area contributed by atoms with E-state index in [1.54, 1.807) is 18.1 Å². The Morgan fingerprint density at radius 1 is 1.43 bits per heavy atom. The number of imidazole rings is 1. The number of rotatable bonds is 4. The van der Waals surface area contributed by atoms with Crippen LogP contribution in [-0.2, 0) is 0 Å². The molecule has 0 saturated carbocycles. The quantitative estimate of drug-likeness (QED) is 0.597. The molecule has 4 heteroatoms. The molecule has 2 rings (SSSR count). The summed E-state index contributed by atoms with van der Waals surface area (Å²) in [5, 5.41) is 8.65. The van der Waals surface area contributed by atoms with Gasteiger partial charge in [0, 0.05) is 17.3 Å². The molecular formula is C10H12N2OS. The van der Waals surface area contributed by atoms with Gasteiger partial charge in [0.2, 0.25) is 0 Å². The van der Waals surface area contributed by atoms with Crippen LogP contribution < -0.4 is 0 Å². The van der Waals surface area contributed by atoms with Crippen molar-refractivity contribution in [3.05, 3.63) is 24.5 Å². The Hall–Kier alpha value is -1.00. The number of aliphatic hydroxyl groups excluding tert-OH is 1. The average Bonchev–Trinajstić information content (AvgIpc) is 2.65. The van der Waals surface area contributed by atoms with Crippen LogP contribution in [0.2, 0.25) is 0 Å². The van der Waals surface area contributed by atoms with Crippen LogP contribution in [0.4, 0.5) is 0 Å². The zero-order chi connectivity index (χ0) is 9.80. The number of benzene rings is 1. The molecular weight excluding hydrogens is 196 g/mol. The van der Waals surface area contributed by atoms with Gasteiger partial charge >= 0.3 is 0 Å². The Morgan fingerprint density at radius 2 is 2.36 bits per heavy atom. The average molecular weight is 208 g/mol. The minimum Gasteiger partial charge on any atom is -0.396 e. The van der Waals surface area contributed by atoms with E-state index in [9.17, 15) is 0 Å². The number of H-pyrrole nitrogens is 1. The molecule has 0 amide bonds. The third kappa shape index (κ3) is 2.08. The molecule has 14 heavy (non-hydrogen) atoms. The predicted molar refractivity (Wildman–Crippen MR) is 58.5 cm³/mol. The number of aromatic nitrogens is 2. The molecule has 1 heterocycles. The van der Waals surface area contributed by atoms with E-state index >= 15 is 0 Å². The number of fused-ring (bicyclic) bond motifs is 1. The number of hydrogen-bond acceptors (Lipinski definition) is 3. The second kappa shape index (κ2) is 4.48. The standard InChI is InChI=1S/C10H12N2OS/c13-4-1-5-14-8-2-3-9-10(6-8)12-7-11-9/h2-3,6-7,13H,1,4-5H2,(H,11,12). The van der Waals surface area contributed by atoms with Crippen molar-refractivity contribution in [1.82, 2.24) is 9.97 Å². The second-order valence-corrected chi connectivity index (χ2v) is 4.18. The lowest BCUT2D eigenvalue weighted by Crippen LogP contribution is -1.85. The third-order valence-electron chi connectivity index (χ3n) is 1.96. The predicted octanol–water partition coefficient (Wildman–Crippen LogP) is 2.04. The lowest BCUT2D eigenvalue weighted by molar-refractivity contribution is 0.296. The Bertz CT molecular complexity index is 413. The van der Waals surface area contributed by atoms with E-state index in [2.05, 4.69) is 22.1 Å². The van der Waals surface area contributed by atoms with Crippen molar-refractivity contribution >= 4 is 22.8 Å². The summed E-state index contributed by atoms with van der Waals surface area (Å²) in [5.41, 5.74) is 2.07. The van der Waals surface area contributed by atoms with E-state index in [1.807, 2.05) is 6.07 Å². The highest BCUT2D eigenvalue weighted by atomic mass is 32.2. The maximum Gasteiger partial charge on any atom is 0.0931 e. The van der Waals surface area contributed by atoms with Crippen molar-refractivity contribution < 1.29 is 5.11 Å². The van der Waals surface area contributed by atoms with Crippen LogP contribution >= 0.6 is 11.8 Å². The van der Waals surface area contributed by atoms with E-state index in [0.717, 1.165) is 23.2 Å². The van der Waals surface area contributed by atoms with Crippen molar-refractivity contribution in [3.8, 4) is 0 Å². The van der Waals surface area contributed by atoms with Crippen LogP contribution in [0.25, 0.3) is 11.0 Å². The van der Waals surface area contributed by atoms with Crippen LogP contribution in [0.1, 0.15) is 6.42 Å². The van der Waals surface area contributed by atoms with Gasteiger partial charge in [-0.2, -0.15) is 0 Å². The zero-order valence-electron chi connectivity index (χ0n) is 7.73. The Labute approximate surface area is 86.6 Å². The first-order valence-corrected chi connectivity index (χ1v) is 5.55. The zero-order valence-corrected chi connectivity index (χ0v) is 8.55. The van der Waals surface area contributed by atoms with Gasteiger partial charge in [0.25, 0.3) is 0 Å². The molecule has 0 aliphatic carbocycles. The van der Waals surface area contributed by atoms with Gasteiger partial charge in [0.05, 0.1) is 17.4 Å². The molecule has 0 aliphatic rings. The molecule has 0 fully saturated rings. The molecule has 0 spiro atoms. The maximum absolute atomic E-state index is 8.65. The van der Waals surface area contributed by atoms with Crippen molar-refractivity contribution in [1.29, 1.82) is 0 Å². The fourth-order valence-corrected chi connectivity index (χ4v) is 2.13. The first-order valence-electron chi connectivity index (χ1n) is 4.57. The molecule has 74 valence electrons. The fraction of sp³-hybridized carbons (Fsp3) is 0.300. The van der Waals surface area contributed by atoms with Crippen LogP contribution in [0.3, 0.4) is 0 Å². The van der Waals surface area contributed by atoms with Gasteiger partial charge in [-0.25, -0.2) is 4.98 Å². The largest absolute Gasteiger partial charge is 0.396 e.